The molecule has 3 aromatic carbocycles. The Morgan fingerprint density at radius 3 is 2.37 bits per heavy atom. The number of carbonyl (C=O) groups excluding carboxylic acids is 1. The topological polar surface area (TPSA) is 59.9 Å². The summed E-state index contributed by atoms with van der Waals surface area (Å²) in [4.78, 5) is 19.8. The number of ether oxygens (including phenoxy) is 2. The number of carbonyl (C=O) groups is 1. The molecule has 4 aromatic rings. The molecule has 0 aliphatic heterocycles. The van der Waals surface area contributed by atoms with Crippen molar-refractivity contribution in [2.24, 2.45) is 16.3 Å². The minimum atomic E-state index is -0.151. The zero-order valence-corrected chi connectivity index (χ0v) is 27.2. The van der Waals surface area contributed by atoms with Crippen LogP contribution in [0, 0.1) is 11.3 Å². The highest BCUT2D eigenvalue weighted by Gasteiger charge is 2.33. The molecule has 0 spiro atoms. The Kier molecular flexibility index (Phi) is 9.80. The Labute approximate surface area is 267 Å². The largest absolute Gasteiger partial charge is 0.490 e. The predicted octanol–water partition coefficient (Wildman–Crippen LogP) is 10.2. The van der Waals surface area contributed by atoms with Gasteiger partial charge in [0, 0.05) is 26.8 Å². The van der Waals surface area contributed by atoms with Crippen molar-refractivity contribution in [1.29, 1.82) is 0 Å². The highest BCUT2D eigenvalue weighted by molar-refractivity contribution is 7.16. The van der Waals surface area contributed by atoms with Gasteiger partial charge in [-0.05, 0) is 109 Å². The minimum Gasteiger partial charge on any atom is -0.490 e. The summed E-state index contributed by atoms with van der Waals surface area (Å²) in [6.07, 6.45) is 4.66. The molecule has 1 atom stereocenters. The molecule has 0 unspecified atom stereocenters. The Morgan fingerprint density at radius 2 is 1.70 bits per heavy atom. The van der Waals surface area contributed by atoms with E-state index < -0.39 is 0 Å². The molecule has 0 saturated carbocycles. The van der Waals surface area contributed by atoms with Crippen LogP contribution < -0.4 is 14.8 Å². The summed E-state index contributed by atoms with van der Waals surface area (Å²) in [5, 5.41) is 5.08. The summed E-state index contributed by atoms with van der Waals surface area (Å²) in [5.74, 6) is 1.69. The van der Waals surface area contributed by atoms with Gasteiger partial charge in [-0.25, -0.2) is 4.99 Å². The molecular formula is C35H36Cl2N2O3S. The fourth-order valence-electron chi connectivity index (χ4n) is 5.23. The molecule has 1 aromatic heterocycles. The lowest BCUT2D eigenvalue weighted by Gasteiger charge is -2.33. The molecule has 1 amide bonds. The maximum Gasteiger partial charge on any atom is 0.259 e. The second-order valence-corrected chi connectivity index (χ2v) is 13.7. The average Bonchev–Trinajstić information content (AvgIpc) is 3.35. The van der Waals surface area contributed by atoms with Gasteiger partial charge in [-0.2, -0.15) is 0 Å². The highest BCUT2D eigenvalue weighted by Crippen LogP contribution is 2.45. The predicted molar refractivity (Wildman–Crippen MR) is 179 cm³/mol. The molecule has 5 nitrogen and oxygen atoms in total. The van der Waals surface area contributed by atoms with Crippen LogP contribution in [0.25, 0.3) is 0 Å². The molecule has 1 aliphatic rings. The number of hydrogen-bond donors (Lipinski definition) is 1. The van der Waals surface area contributed by atoms with Crippen molar-refractivity contribution in [3.8, 4) is 11.5 Å². The third-order valence-corrected chi connectivity index (χ3v) is 9.37. The first kappa shape index (κ1) is 31.1. The van der Waals surface area contributed by atoms with Crippen molar-refractivity contribution < 1.29 is 14.3 Å². The van der Waals surface area contributed by atoms with Gasteiger partial charge in [0.2, 0.25) is 0 Å². The standard InChI is InChI=1S/C35H36Cl2N2O3S/c1-5-41-30-18-23(8-17-29(30)42-21-22-6-10-25(36)11-7-22)20-38-34-32(33(40)39-27-14-12-26(37)13-15-27)28-16-9-24(35(2,3)4)19-31(28)43-34/h6-8,10-15,17-18,20,24H,5,9,16,19,21H2,1-4H3,(H,39,40)/t24-/m1/s1. The first-order valence-electron chi connectivity index (χ1n) is 14.5. The Balaban J connectivity index is 1.42. The maximum atomic E-state index is 13.7. The third kappa shape index (κ3) is 7.80. The maximum absolute atomic E-state index is 13.7. The molecule has 8 heteroatoms. The van der Waals surface area contributed by atoms with E-state index in [0.29, 0.717) is 56.9 Å². The molecule has 1 heterocycles. The van der Waals surface area contributed by atoms with Gasteiger partial charge in [-0.15, -0.1) is 11.3 Å². The van der Waals surface area contributed by atoms with Crippen LogP contribution in [-0.2, 0) is 19.4 Å². The van der Waals surface area contributed by atoms with E-state index in [9.17, 15) is 4.79 Å². The van der Waals surface area contributed by atoms with E-state index in [1.165, 1.54) is 4.88 Å². The molecule has 224 valence electrons. The molecular weight excluding hydrogens is 599 g/mol. The van der Waals surface area contributed by atoms with E-state index in [0.717, 1.165) is 36.0 Å². The second-order valence-electron chi connectivity index (χ2n) is 11.8. The van der Waals surface area contributed by atoms with Crippen molar-refractivity contribution in [3.05, 3.63) is 104 Å². The fraction of sp³-hybridized carbons (Fsp3) is 0.314. The van der Waals surface area contributed by atoms with Crippen LogP contribution in [0.4, 0.5) is 10.7 Å². The van der Waals surface area contributed by atoms with Crippen LogP contribution in [0.3, 0.4) is 0 Å². The molecule has 0 fully saturated rings. The summed E-state index contributed by atoms with van der Waals surface area (Å²) < 4.78 is 12.0. The van der Waals surface area contributed by atoms with E-state index in [2.05, 4.69) is 26.1 Å². The molecule has 0 saturated heterocycles. The number of benzene rings is 3. The number of aliphatic imine (C=N–C) groups is 1. The monoisotopic (exact) mass is 634 g/mol. The summed E-state index contributed by atoms with van der Waals surface area (Å²) >= 11 is 13.7. The highest BCUT2D eigenvalue weighted by atomic mass is 35.5. The number of hydrogen-bond acceptors (Lipinski definition) is 5. The summed E-state index contributed by atoms with van der Waals surface area (Å²) in [7, 11) is 0. The van der Waals surface area contributed by atoms with Gasteiger partial charge in [-0.1, -0.05) is 56.1 Å². The number of nitrogens with one attached hydrogen (secondary N) is 1. The summed E-state index contributed by atoms with van der Waals surface area (Å²) in [5.41, 5.74) is 4.53. The van der Waals surface area contributed by atoms with Crippen molar-refractivity contribution in [2.75, 3.05) is 11.9 Å². The zero-order valence-electron chi connectivity index (χ0n) is 24.9. The summed E-state index contributed by atoms with van der Waals surface area (Å²) in [6.45, 7) is 9.72. The molecule has 43 heavy (non-hydrogen) atoms. The molecule has 1 N–H and O–H groups in total. The smallest absolute Gasteiger partial charge is 0.259 e. The molecule has 0 radical (unpaired) electrons. The van der Waals surface area contributed by atoms with E-state index in [1.54, 1.807) is 29.7 Å². The lowest BCUT2D eigenvalue weighted by molar-refractivity contribution is 0.102. The minimum absolute atomic E-state index is 0.151. The van der Waals surface area contributed by atoms with Crippen molar-refractivity contribution in [2.45, 2.75) is 53.6 Å². The number of nitrogens with zero attached hydrogens (tertiary/aromatic N) is 1. The van der Waals surface area contributed by atoms with E-state index in [4.69, 9.17) is 37.7 Å². The number of anilines is 1. The number of thiophene rings is 1. The normalized spacial score (nSPS) is 14.9. The van der Waals surface area contributed by atoms with Crippen LogP contribution in [0.1, 0.15) is 66.0 Å². The van der Waals surface area contributed by atoms with Gasteiger partial charge >= 0.3 is 0 Å². The van der Waals surface area contributed by atoms with Gasteiger partial charge in [0.1, 0.15) is 11.6 Å². The van der Waals surface area contributed by atoms with Crippen LogP contribution >= 0.6 is 34.5 Å². The summed E-state index contributed by atoms with van der Waals surface area (Å²) in [6, 6.07) is 20.5. The Hall–Kier alpha value is -3.32. The Morgan fingerprint density at radius 1 is 1.00 bits per heavy atom. The number of fused-ring (bicyclic) bond motifs is 1. The molecule has 0 bridgehead atoms. The molecule has 5 rings (SSSR count). The average molecular weight is 636 g/mol. The third-order valence-electron chi connectivity index (χ3n) is 7.71. The van der Waals surface area contributed by atoms with Crippen molar-refractivity contribution in [3.63, 3.8) is 0 Å². The van der Waals surface area contributed by atoms with Crippen LogP contribution in [0.2, 0.25) is 10.0 Å². The van der Waals surface area contributed by atoms with Gasteiger partial charge < -0.3 is 14.8 Å². The van der Waals surface area contributed by atoms with Gasteiger partial charge in [0.25, 0.3) is 5.91 Å². The van der Waals surface area contributed by atoms with Crippen LogP contribution in [0.5, 0.6) is 11.5 Å². The second kappa shape index (κ2) is 13.5. The van der Waals surface area contributed by atoms with Gasteiger partial charge in [-0.3, -0.25) is 4.79 Å². The fourth-order valence-corrected chi connectivity index (χ4v) is 6.75. The van der Waals surface area contributed by atoms with Crippen molar-refractivity contribution in [1.82, 2.24) is 0 Å². The van der Waals surface area contributed by atoms with Gasteiger partial charge in [0.15, 0.2) is 11.5 Å². The Bertz CT molecular complexity index is 1610. The van der Waals surface area contributed by atoms with Crippen LogP contribution in [-0.4, -0.2) is 18.7 Å². The zero-order chi connectivity index (χ0) is 30.6. The van der Waals surface area contributed by atoms with E-state index in [1.807, 2.05) is 61.5 Å². The van der Waals surface area contributed by atoms with Crippen molar-refractivity contribution >= 4 is 57.3 Å². The van der Waals surface area contributed by atoms with E-state index in [-0.39, 0.29) is 11.3 Å². The first-order valence-corrected chi connectivity index (χ1v) is 16.1. The SMILES string of the molecule is CCOc1cc(C=Nc2sc3c(c2C(=O)Nc2ccc(Cl)cc2)CC[C@@H](C(C)(C)C)C3)ccc1OCc1ccc(Cl)cc1. The quantitative estimate of drug-likeness (QED) is 0.186. The van der Waals surface area contributed by atoms with E-state index >= 15 is 0 Å². The number of halogens is 2. The lowest BCUT2D eigenvalue weighted by atomic mass is 9.72. The number of amides is 1. The molecule has 1 aliphatic carbocycles. The number of rotatable bonds is 9. The lowest BCUT2D eigenvalue weighted by Crippen LogP contribution is -2.27. The van der Waals surface area contributed by atoms with Crippen LogP contribution in [0.15, 0.2) is 71.7 Å². The first-order chi connectivity index (χ1) is 20.6. The van der Waals surface area contributed by atoms with Gasteiger partial charge in [0.05, 0.1) is 12.2 Å².